The molecule has 1 aromatic heterocycles. The first kappa shape index (κ1) is 27.5. The van der Waals surface area contributed by atoms with Gasteiger partial charge < -0.3 is 14.4 Å². The molecule has 0 unspecified atom stereocenters. The lowest BCUT2D eigenvalue weighted by atomic mass is 10.1. The van der Waals surface area contributed by atoms with E-state index in [1.165, 1.54) is 0 Å². The van der Waals surface area contributed by atoms with E-state index in [2.05, 4.69) is 54.0 Å². The van der Waals surface area contributed by atoms with Crippen molar-refractivity contribution in [3.05, 3.63) is 130 Å². The molecule has 0 aliphatic rings. The highest BCUT2D eigenvalue weighted by atomic mass is 35.5. The maximum Gasteiger partial charge on any atom is 0.303 e. The Hall–Kier alpha value is -4.09. The summed E-state index contributed by atoms with van der Waals surface area (Å²) in [5.41, 5.74) is 7.53. The summed E-state index contributed by atoms with van der Waals surface area (Å²) in [6.45, 7) is 3.23. The van der Waals surface area contributed by atoms with Crippen LogP contribution in [0.15, 0.2) is 91.0 Å². The number of aromatic nitrogens is 2. The number of ether oxygens (including phenoxy) is 1. The summed E-state index contributed by atoms with van der Waals surface area (Å²) >= 11 is 6.45. The van der Waals surface area contributed by atoms with Crippen molar-refractivity contribution in [2.75, 3.05) is 0 Å². The zero-order valence-corrected chi connectivity index (χ0v) is 23.4. The Morgan fingerprint density at radius 3 is 2.30 bits per heavy atom. The maximum atomic E-state index is 10.9. The number of carbonyl (C=O) groups is 1. The molecule has 1 N–H and O–H groups in total. The number of carboxylic acids is 1. The van der Waals surface area contributed by atoms with Crippen LogP contribution in [0.25, 0.3) is 11.0 Å². The van der Waals surface area contributed by atoms with Crippen molar-refractivity contribution >= 4 is 28.6 Å². The lowest BCUT2D eigenvalue weighted by Crippen LogP contribution is -2.09. The molecule has 1 heterocycles. The zero-order chi connectivity index (χ0) is 27.9. The molecule has 5 nitrogen and oxygen atoms in total. The SMILES string of the molecule is CCc1cccc(Cn2c(CCc3ccccc3Cl)nc3ccccc32)c1OCc1ccc(CCC(=O)O)cc1. The Kier molecular flexibility index (Phi) is 8.82. The van der Waals surface area contributed by atoms with Crippen LogP contribution in [0.3, 0.4) is 0 Å². The van der Waals surface area contributed by atoms with Gasteiger partial charge in [0.2, 0.25) is 0 Å². The number of imidazole rings is 1. The average Bonchev–Trinajstić information content (AvgIpc) is 3.32. The van der Waals surface area contributed by atoms with Crippen molar-refractivity contribution in [2.45, 2.75) is 52.2 Å². The number of aliphatic carboxylic acids is 1. The number of aryl methyl sites for hydroxylation is 4. The van der Waals surface area contributed by atoms with Gasteiger partial charge in [0.1, 0.15) is 18.2 Å². The van der Waals surface area contributed by atoms with E-state index in [1.807, 2.05) is 48.5 Å². The van der Waals surface area contributed by atoms with E-state index in [0.29, 0.717) is 19.6 Å². The van der Waals surface area contributed by atoms with E-state index in [1.54, 1.807) is 0 Å². The van der Waals surface area contributed by atoms with Crippen LogP contribution in [0.2, 0.25) is 5.02 Å². The molecule has 5 rings (SSSR count). The molecule has 0 saturated carbocycles. The van der Waals surface area contributed by atoms with Crippen LogP contribution in [-0.2, 0) is 43.6 Å². The van der Waals surface area contributed by atoms with Gasteiger partial charge in [-0.3, -0.25) is 4.79 Å². The standard InChI is InChI=1S/C34H33ClN2O3/c1-2-26-9-7-10-28(34(26)40-23-25-16-14-24(15-17-25)18-21-33(38)39)22-37-31-13-6-5-12-30(31)36-32(37)20-19-27-8-3-4-11-29(27)35/h3-17H,2,18-23H2,1H3,(H,38,39). The van der Waals surface area contributed by atoms with Gasteiger partial charge in [-0.1, -0.05) is 91.3 Å². The third kappa shape index (κ3) is 6.54. The second kappa shape index (κ2) is 12.8. The molecule has 6 heteroatoms. The lowest BCUT2D eigenvalue weighted by Gasteiger charge is -2.18. The largest absolute Gasteiger partial charge is 0.488 e. The quantitative estimate of drug-likeness (QED) is 0.172. The number of hydrogen-bond acceptors (Lipinski definition) is 3. The Balaban J connectivity index is 1.39. The fourth-order valence-corrected chi connectivity index (χ4v) is 5.28. The number of halogens is 1. The van der Waals surface area contributed by atoms with Crippen molar-refractivity contribution < 1.29 is 14.6 Å². The fourth-order valence-electron chi connectivity index (χ4n) is 5.05. The molecular formula is C34H33ClN2O3. The number of hydrogen-bond donors (Lipinski definition) is 1. The Morgan fingerprint density at radius 1 is 0.825 bits per heavy atom. The molecule has 0 atom stereocenters. The molecule has 0 aliphatic heterocycles. The zero-order valence-electron chi connectivity index (χ0n) is 22.6. The number of nitrogens with zero attached hydrogens (tertiary/aromatic N) is 2. The van der Waals surface area contributed by atoms with Gasteiger partial charge in [-0.25, -0.2) is 4.98 Å². The first-order valence-electron chi connectivity index (χ1n) is 13.7. The Morgan fingerprint density at radius 2 is 1.52 bits per heavy atom. The van der Waals surface area contributed by atoms with Gasteiger partial charge in [-0.15, -0.1) is 0 Å². The summed E-state index contributed by atoms with van der Waals surface area (Å²) in [5.74, 6) is 1.15. The molecule has 0 amide bonds. The molecule has 5 aromatic rings. The normalized spacial score (nSPS) is 11.2. The first-order valence-corrected chi connectivity index (χ1v) is 14.1. The third-order valence-corrected chi connectivity index (χ3v) is 7.60. The monoisotopic (exact) mass is 552 g/mol. The highest BCUT2D eigenvalue weighted by molar-refractivity contribution is 6.31. The summed E-state index contributed by atoms with van der Waals surface area (Å²) in [5, 5.41) is 9.73. The van der Waals surface area contributed by atoms with Crippen LogP contribution in [0.5, 0.6) is 5.75 Å². The molecule has 0 spiro atoms. The second-order valence-electron chi connectivity index (χ2n) is 9.95. The molecule has 204 valence electrons. The van der Waals surface area contributed by atoms with Gasteiger partial charge >= 0.3 is 5.97 Å². The van der Waals surface area contributed by atoms with E-state index in [9.17, 15) is 4.79 Å². The Labute approximate surface area is 240 Å². The first-order chi connectivity index (χ1) is 19.5. The van der Waals surface area contributed by atoms with Gasteiger partial charge in [-0.05, 0) is 59.7 Å². The van der Waals surface area contributed by atoms with Gasteiger partial charge in [0.15, 0.2) is 0 Å². The molecule has 0 bridgehead atoms. The molecule has 0 fully saturated rings. The minimum Gasteiger partial charge on any atom is -0.488 e. The summed E-state index contributed by atoms with van der Waals surface area (Å²) in [4.78, 5) is 15.9. The van der Waals surface area contributed by atoms with E-state index >= 15 is 0 Å². The minimum absolute atomic E-state index is 0.131. The lowest BCUT2D eigenvalue weighted by molar-refractivity contribution is -0.136. The van der Waals surface area contributed by atoms with Crippen molar-refractivity contribution in [1.82, 2.24) is 9.55 Å². The van der Waals surface area contributed by atoms with Gasteiger partial charge in [0.05, 0.1) is 17.6 Å². The van der Waals surface area contributed by atoms with E-state index in [-0.39, 0.29) is 6.42 Å². The van der Waals surface area contributed by atoms with Crippen LogP contribution < -0.4 is 4.74 Å². The summed E-state index contributed by atoms with van der Waals surface area (Å²) in [6, 6.07) is 30.6. The van der Waals surface area contributed by atoms with Crippen molar-refractivity contribution in [2.24, 2.45) is 0 Å². The Bertz CT molecular complexity index is 1610. The second-order valence-corrected chi connectivity index (χ2v) is 10.4. The molecule has 0 aliphatic carbocycles. The van der Waals surface area contributed by atoms with Crippen LogP contribution >= 0.6 is 11.6 Å². The maximum absolute atomic E-state index is 10.9. The molecular weight excluding hydrogens is 520 g/mol. The number of para-hydroxylation sites is 3. The number of benzene rings is 4. The van der Waals surface area contributed by atoms with Crippen LogP contribution in [-0.4, -0.2) is 20.6 Å². The minimum atomic E-state index is -0.784. The molecule has 0 saturated heterocycles. The highest BCUT2D eigenvalue weighted by Crippen LogP contribution is 2.29. The van der Waals surface area contributed by atoms with E-state index in [0.717, 1.165) is 74.7 Å². The molecule has 4 aromatic carbocycles. The van der Waals surface area contributed by atoms with Crippen LogP contribution in [0.1, 0.15) is 47.0 Å². The predicted octanol–water partition coefficient (Wildman–Crippen LogP) is 7.68. The van der Waals surface area contributed by atoms with Crippen LogP contribution in [0, 0.1) is 0 Å². The predicted molar refractivity (Wildman–Crippen MR) is 160 cm³/mol. The smallest absolute Gasteiger partial charge is 0.303 e. The highest BCUT2D eigenvalue weighted by Gasteiger charge is 2.16. The number of carboxylic acid groups (broad SMARTS) is 1. The van der Waals surface area contributed by atoms with Crippen molar-refractivity contribution in [3.8, 4) is 5.75 Å². The van der Waals surface area contributed by atoms with E-state index < -0.39 is 5.97 Å². The van der Waals surface area contributed by atoms with Crippen molar-refractivity contribution in [3.63, 3.8) is 0 Å². The van der Waals surface area contributed by atoms with Gasteiger partial charge in [0, 0.05) is 23.4 Å². The number of rotatable bonds is 12. The molecule has 40 heavy (non-hydrogen) atoms. The fraction of sp³-hybridized carbons (Fsp3) is 0.235. The summed E-state index contributed by atoms with van der Waals surface area (Å²) in [7, 11) is 0. The van der Waals surface area contributed by atoms with Gasteiger partial charge in [-0.2, -0.15) is 0 Å². The topological polar surface area (TPSA) is 64.4 Å². The average molecular weight is 553 g/mol. The summed E-state index contributed by atoms with van der Waals surface area (Å²) in [6.07, 6.45) is 3.10. The van der Waals surface area contributed by atoms with E-state index in [4.69, 9.17) is 26.4 Å². The van der Waals surface area contributed by atoms with Crippen molar-refractivity contribution in [1.29, 1.82) is 0 Å². The summed E-state index contributed by atoms with van der Waals surface area (Å²) < 4.78 is 8.78. The number of fused-ring (bicyclic) bond motifs is 1. The van der Waals surface area contributed by atoms with Gasteiger partial charge in [0.25, 0.3) is 0 Å². The van der Waals surface area contributed by atoms with Crippen LogP contribution in [0.4, 0.5) is 0 Å². The molecule has 0 radical (unpaired) electrons. The third-order valence-electron chi connectivity index (χ3n) is 7.23.